The standard InChI is InChI=1S/C53H34N6/c1-3-14-33(15-4-1)56-44-23-10-7-20-37(44)42-30-54-47-39-21-8-11-24-45(39)57(52(47)50(42)56)35-18-13-19-36(29-35)58-46-25-12-9-22-40(46)48-53(58)51-43(31-55-48)38-27-26-32-28-41(32)49(38)59(51)34-16-5-2-6-17-34/h1-27,29-32,41H,28H2. The van der Waals surface area contributed by atoms with Crippen molar-refractivity contribution < 1.29 is 0 Å². The Hall–Kier alpha value is -7.70. The van der Waals surface area contributed by atoms with Gasteiger partial charge in [0.25, 0.3) is 0 Å². The lowest BCUT2D eigenvalue weighted by Crippen LogP contribution is -2.04. The van der Waals surface area contributed by atoms with Crippen LogP contribution < -0.4 is 0 Å². The summed E-state index contributed by atoms with van der Waals surface area (Å²) in [5.41, 5.74) is 17.1. The number of allylic oxidation sites excluding steroid dienone is 1. The van der Waals surface area contributed by atoms with E-state index in [2.05, 4.69) is 201 Å². The van der Waals surface area contributed by atoms with Gasteiger partial charge in [0.05, 0.1) is 49.7 Å². The number of hydrogen-bond donors (Lipinski definition) is 0. The van der Waals surface area contributed by atoms with E-state index in [4.69, 9.17) is 9.97 Å². The lowest BCUT2D eigenvalue weighted by atomic mass is 10.0. The molecule has 6 nitrogen and oxygen atoms in total. The fourth-order valence-electron chi connectivity index (χ4n) is 10.5. The molecule has 1 fully saturated rings. The molecule has 59 heavy (non-hydrogen) atoms. The quantitative estimate of drug-likeness (QED) is 0.180. The van der Waals surface area contributed by atoms with Crippen molar-refractivity contribution >= 4 is 82.7 Å². The van der Waals surface area contributed by atoms with Crippen LogP contribution in [0.2, 0.25) is 0 Å². The van der Waals surface area contributed by atoms with Gasteiger partial charge in [-0.15, -0.1) is 0 Å². The van der Waals surface area contributed by atoms with Crippen molar-refractivity contribution in [2.24, 2.45) is 5.92 Å². The Morgan fingerprint density at radius 2 is 0.881 bits per heavy atom. The van der Waals surface area contributed by atoms with Crippen molar-refractivity contribution in [3.8, 4) is 22.7 Å². The third-order valence-electron chi connectivity index (χ3n) is 13.1. The highest BCUT2D eigenvalue weighted by Crippen LogP contribution is 2.56. The number of hydrogen-bond acceptors (Lipinski definition) is 2. The summed E-state index contributed by atoms with van der Waals surface area (Å²) in [6.07, 6.45) is 10.2. The summed E-state index contributed by atoms with van der Waals surface area (Å²) in [7, 11) is 0. The average Bonchev–Trinajstić information content (AvgIpc) is 3.57. The topological polar surface area (TPSA) is 45.5 Å². The smallest absolute Gasteiger partial charge is 0.0985 e. The van der Waals surface area contributed by atoms with Crippen molar-refractivity contribution in [2.45, 2.75) is 12.3 Å². The third-order valence-corrected chi connectivity index (χ3v) is 13.1. The first kappa shape index (κ1) is 31.4. The Kier molecular flexibility index (Phi) is 6.10. The van der Waals surface area contributed by atoms with Gasteiger partial charge in [-0.25, -0.2) is 0 Å². The van der Waals surface area contributed by atoms with Crippen LogP contribution in [0.4, 0.5) is 0 Å². The summed E-state index contributed by atoms with van der Waals surface area (Å²) in [6.45, 7) is 0. The highest BCUT2D eigenvalue weighted by molar-refractivity contribution is 6.22. The molecule has 2 atom stereocenters. The van der Waals surface area contributed by atoms with Crippen molar-refractivity contribution in [1.82, 2.24) is 28.2 Å². The molecule has 0 aliphatic heterocycles. The fourth-order valence-corrected chi connectivity index (χ4v) is 10.5. The maximum atomic E-state index is 5.30. The minimum Gasteiger partial charge on any atom is -0.311 e. The number of benzene rings is 6. The van der Waals surface area contributed by atoms with Gasteiger partial charge in [0.1, 0.15) is 0 Å². The molecule has 0 N–H and O–H groups in total. The second-order valence-corrected chi connectivity index (χ2v) is 16.2. The van der Waals surface area contributed by atoms with E-state index in [0.29, 0.717) is 11.8 Å². The summed E-state index contributed by atoms with van der Waals surface area (Å²) < 4.78 is 9.87. The summed E-state index contributed by atoms with van der Waals surface area (Å²) in [5, 5.41) is 5.78. The first-order chi connectivity index (χ1) is 29.3. The van der Waals surface area contributed by atoms with Crippen LogP contribution in [0, 0.1) is 5.92 Å². The molecule has 6 aromatic carbocycles. The van der Waals surface area contributed by atoms with Crippen LogP contribution in [-0.4, -0.2) is 28.2 Å². The SMILES string of the molecule is C1=CC2CC2c2c1c1cnc3c4ccccc4n(-c4cccc(-n5c6ccccc6c6ncc7c8ccccc8n(-c8ccccc8)c7c65)c4)c3c1n2-c1ccccc1. The van der Waals surface area contributed by atoms with E-state index in [9.17, 15) is 0 Å². The van der Waals surface area contributed by atoms with E-state index in [1.807, 2.05) is 0 Å². The predicted octanol–water partition coefficient (Wildman–Crippen LogP) is 12.8. The number of rotatable bonds is 4. The Bertz CT molecular complexity index is 3770. The van der Waals surface area contributed by atoms with Crippen LogP contribution in [0.25, 0.3) is 105 Å². The molecule has 2 unspecified atom stereocenters. The second-order valence-electron chi connectivity index (χ2n) is 16.2. The van der Waals surface area contributed by atoms with Crippen LogP contribution in [0.15, 0.2) is 176 Å². The number of pyridine rings is 2. The van der Waals surface area contributed by atoms with E-state index < -0.39 is 0 Å². The number of para-hydroxylation sites is 5. The third kappa shape index (κ3) is 4.14. The van der Waals surface area contributed by atoms with Gasteiger partial charge in [0, 0.05) is 79.2 Å². The van der Waals surface area contributed by atoms with Gasteiger partial charge >= 0.3 is 0 Å². The second kappa shape index (κ2) is 11.5. The number of nitrogens with zero attached hydrogens (tertiary/aromatic N) is 6. The highest BCUT2D eigenvalue weighted by atomic mass is 15.1. The summed E-state index contributed by atoms with van der Waals surface area (Å²) in [6, 6.07) is 56.9. The number of fused-ring (bicyclic) bond motifs is 16. The van der Waals surface area contributed by atoms with Crippen LogP contribution in [-0.2, 0) is 0 Å². The zero-order valence-electron chi connectivity index (χ0n) is 31.9. The predicted molar refractivity (Wildman–Crippen MR) is 242 cm³/mol. The molecule has 0 spiro atoms. The monoisotopic (exact) mass is 754 g/mol. The molecule has 2 aliphatic rings. The normalized spacial score (nSPS) is 16.0. The average molecular weight is 755 g/mol. The molecular weight excluding hydrogens is 721 g/mol. The zero-order valence-corrected chi connectivity index (χ0v) is 31.9. The van der Waals surface area contributed by atoms with Crippen molar-refractivity contribution in [1.29, 1.82) is 0 Å². The lowest BCUT2D eigenvalue weighted by molar-refractivity contribution is 0.896. The molecule has 6 heterocycles. The Morgan fingerprint density at radius 1 is 0.407 bits per heavy atom. The van der Waals surface area contributed by atoms with Gasteiger partial charge < -0.3 is 18.3 Å². The van der Waals surface area contributed by atoms with Crippen LogP contribution in [0.1, 0.15) is 23.6 Å². The maximum Gasteiger partial charge on any atom is 0.0985 e. The first-order valence-corrected chi connectivity index (χ1v) is 20.5. The lowest BCUT2D eigenvalue weighted by Gasteiger charge is -2.16. The molecule has 0 radical (unpaired) electrons. The van der Waals surface area contributed by atoms with Gasteiger partial charge in [-0.1, -0.05) is 109 Å². The Balaban J connectivity index is 1.11. The molecule has 6 heteroatoms. The minimum atomic E-state index is 0.519. The molecule has 2 aliphatic carbocycles. The molecule has 0 saturated heterocycles. The molecule has 6 aromatic heterocycles. The summed E-state index contributed by atoms with van der Waals surface area (Å²) in [4.78, 5) is 10.6. The molecule has 276 valence electrons. The molecule has 0 amide bonds. The maximum absolute atomic E-state index is 5.30. The molecule has 14 rings (SSSR count). The van der Waals surface area contributed by atoms with Gasteiger partial charge in [0.15, 0.2) is 0 Å². The van der Waals surface area contributed by atoms with Gasteiger partial charge in [0.2, 0.25) is 0 Å². The van der Waals surface area contributed by atoms with Gasteiger partial charge in [-0.3, -0.25) is 9.97 Å². The van der Waals surface area contributed by atoms with Crippen LogP contribution in [0.3, 0.4) is 0 Å². The van der Waals surface area contributed by atoms with Crippen molar-refractivity contribution in [2.75, 3.05) is 0 Å². The van der Waals surface area contributed by atoms with Crippen LogP contribution >= 0.6 is 0 Å². The first-order valence-electron chi connectivity index (χ1n) is 20.5. The fraction of sp³-hybridized carbons (Fsp3) is 0.0566. The van der Waals surface area contributed by atoms with Crippen LogP contribution in [0.5, 0.6) is 0 Å². The molecular formula is C53H34N6. The van der Waals surface area contributed by atoms with Crippen molar-refractivity contribution in [3.05, 3.63) is 187 Å². The van der Waals surface area contributed by atoms with Crippen molar-refractivity contribution in [3.63, 3.8) is 0 Å². The van der Waals surface area contributed by atoms with E-state index in [0.717, 1.165) is 77.4 Å². The van der Waals surface area contributed by atoms with E-state index >= 15 is 0 Å². The summed E-state index contributed by atoms with van der Waals surface area (Å²) >= 11 is 0. The Labute approximate surface area is 338 Å². The summed E-state index contributed by atoms with van der Waals surface area (Å²) in [5.74, 6) is 1.12. The zero-order chi connectivity index (χ0) is 38.3. The molecule has 1 saturated carbocycles. The number of aromatic nitrogens is 6. The molecule has 0 bridgehead atoms. The van der Waals surface area contributed by atoms with E-state index in [-0.39, 0.29) is 0 Å². The van der Waals surface area contributed by atoms with Gasteiger partial charge in [-0.2, -0.15) is 0 Å². The highest BCUT2D eigenvalue weighted by Gasteiger charge is 2.43. The molecule has 12 aromatic rings. The van der Waals surface area contributed by atoms with Gasteiger partial charge in [-0.05, 0) is 73.0 Å². The van der Waals surface area contributed by atoms with E-state index in [1.165, 1.54) is 39.7 Å². The largest absolute Gasteiger partial charge is 0.311 e. The Morgan fingerprint density at radius 3 is 1.51 bits per heavy atom. The van der Waals surface area contributed by atoms with E-state index in [1.54, 1.807) is 0 Å². The minimum absolute atomic E-state index is 0.519.